The van der Waals surface area contributed by atoms with Gasteiger partial charge in [-0.3, -0.25) is 0 Å². The van der Waals surface area contributed by atoms with E-state index in [-0.39, 0.29) is 0 Å². The Hall–Kier alpha value is -2.43. The Morgan fingerprint density at radius 3 is 2.54 bits per heavy atom. The summed E-state index contributed by atoms with van der Waals surface area (Å²) < 4.78 is 5.34. The van der Waals surface area contributed by atoms with Crippen molar-refractivity contribution in [3.63, 3.8) is 0 Å². The molecule has 0 saturated heterocycles. The van der Waals surface area contributed by atoms with Crippen LogP contribution >= 0.6 is 11.6 Å². The molecule has 1 N–H and O–H groups in total. The molecule has 0 aromatic heterocycles. The molecule has 0 amide bonds. The summed E-state index contributed by atoms with van der Waals surface area (Å²) >= 11 is 5.90. The average Bonchev–Trinajstić information content (AvgIpc) is 3.05. The minimum atomic E-state index is -0.392. The first-order valence-corrected chi connectivity index (χ1v) is 9.08. The molecule has 1 aliphatic heterocycles. The smallest absolute Gasteiger partial charge is 0.363 e. The third-order valence-electron chi connectivity index (χ3n) is 4.22. The monoisotopic (exact) mass is 368 g/mol. The van der Waals surface area contributed by atoms with Crippen LogP contribution in [0.2, 0.25) is 5.02 Å². The van der Waals surface area contributed by atoms with Crippen molar-refractivity contribution in [1.82, 2.24) is 5.32 Å². The molecule has 2 aromatic carbocycles. The minimum Gasteiger partial charge on any atom is -0.402 e. The number of aliphatic imine (C=N–C) groups is 1. The topological polar surface area (TPSA) is 50.7 Å². The Morgan fingerprint density at radius 1 is 1.12 bits per heavy atom. The van der Waals surface area contributed by atoms with Crippen molar-refractivity contribution in [2.24, 2.45) is 4.99 Å². The molecule has 0 unspecified atom stereocenters. The zero-order valence-corrected chi connectivity index (χ0v) is 15.4. The van der Waals surface area contributed by atoms with Gasteiger partial charge in [0.1, 0.15) is 0 Å². The van der Waals surface area contributed by atoms with Crippen molar-refractivity contribution in [2.75, 3.05) is 13.1 Å². The molecule has 0 bridgehead atoms. The molecule has 0 aliphatic carbocycles. The summed E-state index contributed by atoms with van der Waals surface area (Å²) in [6.45, 7) is 3.47. The van der Waals surface area contributed by atoms with Crippen molar-refractivity contribution >= 4 is 23.5 Å². The van der Waals surface area contributed by atoms with Gasteiger partial charge in [-0.05, 0) is 54.8 Å². The van der Waals surface area contributed by atoms with Crippen LogP contribution in [0.15, 0.2) is 70.9 Å². The number of benzene rings is 2. The van der Waals surface area contributed by atoms with Crippen LogP contribution < -0.4 is 5.32 Å². The van der Waals surface area contributed by atoms with E-state index >= 15 is 0 Å². The molecular weight excluding hydrogens is 348 g/mol. The molecular formula is C21H21ClN2O2. The Kier molecular flexibility index (Phi) is 6.21. The summed E-state index contributed by atoms with van der Waals surface area (Å²) in [5.74, 6) is -0.0615. The number of hydrogen-bond donors (Lipinski definition) is 1. The highest BCUT2D eigenvalue weighted by Crippen LogP contribution is 2.21. The molecule has 26 heavy (non-hydrogen) atoms. The van der Waals surface area contributed by atoms with Crippen LogP contribution in [-0.4, -0.2) is 25.0 Å². The zero-order chi connectivity index (χ0) is 18.4. The van der Waals surface area contributed by atoms with Gasteiger partial charge in [0.05, 0.1) is 0 Å². The lowest BCUT2D eigenvalue weighted by molar-refractivity contribution is -0.130. The number of nitrogens with one attached hydrogen (secondary N) is 1. The van der Waals surface area contributed by atoms with E-state index in [9.17, 15) is 4.79 Å². The Bertz CT molecular complexity index is 827. The summed E-state index contributed by atoms with van der Waals surface area (Å²) in [4.78, 5) is 16.6. The van der Waals surface area contributed by atoms with E-state index in [0.717, 1.165) is 30.5 Å². The second kappa shape index (κ2) is 8.79. The Morgan fingerprint density at radius 2 is 1.85 bits per heavy atom. The van der Waals surface area contributed by atoms with Gasteiger partial charge in [0.15, 0.2) is 5.70 Å². The SMILES string of the molecule is CCC(CNCCc1ccccc1)=C1N=C(c2ccc(Cl)cc2)OC1=O. The Balaban J connectivity index is 1.65. The number of carbonyl (C=O) groups excluding carboxylic acids is 1. The van der Waals surface area contributed by atoms with E-state index in [0.29, 0.717) is 23.2 Å². The van der Waals surface area contributed by atoms with Crippen LogP contribution in [0.4, 0.5) is 0 Å². The van der Waals surface area contributed by atoms with Gasteiger partial charge in [0.2, 0.25) is 5.90 Å². The maximum atomic E-state index is 12.2. The molecule has 1 aliphatic rings. The molecule has 1 heterocycles. The number of ether oxygens (including phenoxy) is 1. The van der Waals surface area contributed by atoms with Gasteiger partial charge in [-0.1, -0.05) is 48.9 Å². The molecule has 0 spiro atoms. The van der Waals surface area contributed by atoms with Gasteiger partial charge in [-0.15, -0.1) is 0 Å². The highest BCUT2D eigenvalue weighted by molar-refractivity contribution is 6.30. The lowest BCUT2D eigenvalue weighted by atomic mass is 10.1. The lowest BCUT2D eigenvalue weighted by Crippen LogP contribution is -2.21. The third-order valence-corrected chi connectivity index (χ3v) is 4.47. The minimum absolute atomic E-state index is 0.330. The summed E-state index contributed by atoms with van der Waals surface area (Å²) in [6.07, 6.45) is 1.68. The molecule has 134 valence electrons. The fraction of sp³-hybridized carbons (Fsp3) is 0.238. The number of esters is 1. The van der Waals surface area contributed by atoms with Crippen LogP contribution in [0.1, 0.15) is 24.5 Å². The normalized spacial score (nSPS) is 15.6. The summed E-state index contributed by atoms with van der Waals surface area (Å²) in [5.41, 5.74) is 3.39. The van der Waals surface area contributed by atoms with Crippen LogP contribution in [0.25, 0.3) is 0 Å². The summed E-state index contributed by atoms with van der Waals surface area (Å²) in [7, 11) is 0. The molecule has 2 aromatic rings. The van der Waals surface area contributed by atoms with E-state index in [1.807, 2.05) is 25.1 Å². The molecule has 0 saturated carbocycles. The maximum Gasteiger partial charge on any atom is 0.363 e. The molecule has 0 radical (unpaired) electrons. The van der Waals surface area contributed by atoms with Gasteiger partial charge >= 0.3 is 5.97 Å². The van der Waals surface area contributed by atoms with E-state index in [4.69, 9.17) is 16.3 Å². The van der Waals surface area contributed by atoms with Gasteiger partial charge in [-0.2, -0.15) is 0 Å². The van der Waals surface area contributed by atoms with E-state index in [1.54, 1.807) is 24.3 Å². The first-order valence-electron chi connectivity index (χ1n) is 8.71. The third kappa shape index (κ3) is 4.59. The average molecular weight is 369 g/mol. The van der Waals surface area contributed by atoms with E-state index in [1.165, 1.54) is 5.56 Å². The fourth-order valence-corrected chi connectivity index (χ4v) is 2.86. The molecule has 4 nitrogen and oxygen atoms in total. The number of hydrogen-bond acceptors (Lipinski definition) is 4. The highest BCUT2D eigenvalue weighted by Gasteiger charge is 2.26. The standard InChI is InChI=1S/C21H21ClN2O2/c1-2-16(14-23-13-12-15-6-4-3-5-7-15)19-21(25)26-20(24-19)17-8-10-18(22)11-9-17/h3-11,23H,2,12-14H2,1H3. The van der Waals surface area contributed by atoms with E-state index in [2.05, 4.69) is 22.4 Å². The van der Waals surface area contributed by atoms with Crippen molar-refractivity contribution in [3.05, 3.63) is 82.0 Å². The maximum absolute atomic E-state index is 12.2. The van der Waals surface area contributed by atoms with E-state index < -0.39 is 5.97 Å². The predicted octanol–water partition coefficient (Wildman–Crippen LogP) is 4.14. The van der Waals surface area contributed by atoms with Crippen LogP contribution in [0.3, 0.4) is 0 Å². The number of halogens is 1. The number of cyclic esters (lactones) is 1. The zero-order valence-electron chi connectivity index (χ0n) is 14.7. The number of rotatable bonds is 7. The predicted molar refractivity (Wildman–Crippen MR) is 104 cm³/mol. The van der Waals surface area contributed by atoms with Crippen molar-refractivity contribution in [2.45, 2.75) is 19.8 Å². The molecule has 0 atom stereocenters. The van der Waals surface area contributed by atoms with Crippen LogP contribution in [-0.2, 0) is 16.0 Å². The second-order valence-electron chi connectivity index (χ2n) is 6.03. The van der Waals surface area contributed by atoms with Gasteiger partial charge in [0.25, 0.3) is 0 Å². The molecule has 5 heteroatoms. The fourth-order valence-electron chi connectivity index (χ4n) is 2.74. The number of nitrogens with zero attached hydrogens (tertiary/aromatic N) is 1. The molecule has 0 fully saturated rings. The highest BCUT2D eigenvalue weighted by atomic mass is 35.5. The van der Waals surface area contributed by atoms with Gasteiger partial charge in [0, 0.05) is 17.1 Å². The van der Waals surface area contributed by atoms with Crippen LogP contribution in [0, 0.1) is 0 Å². The van der Waals surface area contributed by atoms with Crippen LogP contribution in [0.5, 0.6) is 0 Å². The molecule has 3 rings (SSSR count). The quantitative estimate of drug-likeness (QED) is 0.454. The van der Waals surface area contributed by atoms with Crippen molar-refractivity contribution in [1.29, 1.82) is 0 Å². The van der Waals surface area contributed by atoms with Crippen molar-refractivity contribution < 1.29 is 9.53 Å². The largest absolute Gasteiger partial charge is 0.402 e. The number of carbonyl (C=O) groups is 1. The Labute approximate surface area is 158 Å². The first kappa shape index (κ1) is 18.4. The second-order valence-corrected chi connectivity index (χ2v) is 6.47. The summed E-state index contributed by atoms with van der Waals surface area (Å²) in [6, 6.07) is 17.4. The van der Waals surface area contributed by atoms with Gasteiger partial charge in [-0.25, -0.2) is 9.79 Å². The first-order chi connectivity index (χ1) is 12.7. The lowest BCUT2D eigenvalue weighted by Gasteiger charge is -2.08. The summed E-state index contributed by atoms with van der Waals surface area (Å²) in [5, 5.41) is 4.02. The van der Waals surface area contributed by atoms with Gasteiger partial charge < -0.3 is 10.1 Å². The van der Waals surface area contributed by atoms with Crippen molar-refractivity contribution in [3.8, 4) is 0 Å².